The lowest BCUT2D eigenvalue weighted by Gasteiger charge is -2.31. The van der Waals surface area contributed by atoms with E-state index in [1.165, 1.54) is 14.0 Å². The maximum atomic E-state index is 15.3. The fourth-order valence-corrected chi connectivity index (χ4v) is 4.36. The van der Waals surface area contributed by atoms with E-state index >= 15 is 4.39 Å². The molecule has 0 bridgehead atoms. The van der Waals surface area contributed by atoms with Crippen LogP contribution in [0.5, 0.6) is 0 Å². The normalized spacial score (nSPS) is 21.7. The van der Waals surface area contributed by atoms with Crippen molar-refractivity contribution in [1.82, 2.24) is 19.4 Å². The Bertz CT molecular complexity index is 1240. The van der Waals surface area contributed by atoms with E-state index in [-0.39, 0.29) is 31.8 Å². The fourth-order valence-electron chi connectivity index (χ4n) is 4.36. The first-order valence-corrected chi connectivity index (χ1v) is 10.8. The first kappa shape index (κ1) is 22.8. The van der Waals surface area contributed by atoms with Gasteiger partial charge in [-0.1, -0.05) is 18.2 Å². The highest BCUT2D eigenvalue weighted by atomic mass is 19.1. The Morgan fingerprint density at radius 3 is 2.58 bits per heavy atom. The van der Waals surface area contributed by atoms with Gasteiger partial charge in [0.05, 0.1) is 17.6 Å². The van der Waals surface area contributed by atoms with Gasteiger partial charge in [0.2, 0.25) is 11.8 Å². The van der Waals surface area contributed by atoms with Gasteiger partial charge in [-0.3, -0.25) is 24.0 Å². The number of aromatic nitrogens is 2. The van der Waals surface area contributed by atoms with E-state index in [1.807, 2.05) is 0 Å². The zero-order valence-corrected chi connectivity index (χ0v) is 19.1. The molecule has 2 aromatic rings. The highest BCUT2D eigenvalue weighted by Crippen LogP contribution is 2.32. The number of imide groups is 1. The smallest absolute Gasteiger partial charge is 0.410 e. The lowest BCUT2D eigenvalue weighted by Crippen LogP contribution is -2.44. The molecule has 2 aliphatic heterocycles. The van der Waals surface area contributed by atoms with Crippen LogP contribution in [0.25, 0.3) is 16.6 Å². The minimum atomic E-state index is -1.48. The molecule has 3 heterocycles. The van der Waals surface area contributed by atoms with Crippen LogP contribution in [0.2, 0.25) is 0 Å². The van der Waals surface area contributed by atoms with Gasteiger partial charge < -0.3 is 9.64 Å². The predicted octanol–water partition coefficient (Wildman–Crippen LogP) is 2.29. The van der Waals surface area contributed by atoms with Crippen LogP contribution < -0.4 is 11.0 Å². The van der Waals surface area contributed by atoms with Crippen molar-refractivity contribution in [2.24, 2.45) is 7.05 Å². The van der Waals surface area contributed by atoms with Gasteiger partial charge in [-0.25, -0.2) is 14.0 Å². The average molecular weight is 458 g/mol. The molecule has 0 radical (unpaired) electrons. The molecule has 0 spiro atoms. The summed E-state index contributed by atoms with van der Waals surface area (Å²) in [6.07, 6.45) is -0.0914. The number of hydrogen-bond donors (Lipinski definition) is 1. The fraction of sp³-hybridized carbons (Fsp3) is 0.478. The maximum absolute atomic E-state index is 15.3. The van der Waals surface area contributed by atoms with Crippen molar-refractivity contribution < 1.29 is 23.5 Å². The Balaban J connectivity index is 1.73. The van der Waals surface area contributed by atoms with Gasteiger partial charge in [-0.05, 0) is 38.8 Å². The quantitative estimate of drug-likeness (QED) is 0.696. The topological polar surface area (TPSA) is 103 Å². The van der Waals surface area contributed by atoms with Crippen LogP contribution >= 0.6 is 0 Å². The number of nitrogens with one attached hydrogen (secondary N) is 1. The number of ether oxygens (including phenoxy) is 1. The van der Waals surface area contributed by atoms with Crippen molar-refractivity contribution in [1.29, 1.82) is 0 Å². The molecule has 176 valence electrons. The lowest BCUT2D eigenvalue weighted by atomic mass is 9.96. The zero-order valence-electron chi connectivity index (χ0n) is 19.1. The van der Waals surface area contributed by atoms with Crippen molar-refractivity contribution in [3.8, 4) is 0 Å². The Labute approximate surface area is 189 Å². The molecule has 33 heavy (non-hydrogen) atoms. The van der Waals surface area contributed by atoms with E-state index < -0.39 is 35.5 Å². The molecule has 2 aliphatic rings. The van der Waals surface area contributed by atoms with E-state index in [1.54, 1.807) is 52.1 Å². The average Bonchev–Trinajstić information content (AvgIpc) is 2.98. The highest BCUT2D eigenvalue weighted by molar-refractivity contribution is 6.00. The first-order valence-electron chi connectivity index (χ1n) is 10.8. The van der Waals surface area contributed by atoms with E-state index in [0.717, 1.165) is 0 Å². The van der Waals surface area contributed by atoms with Gasteiger partial charge in [0.25, 0.3) is 0 Å². The summed E-state index contributed by atoms with van der Waals surface area (Å²) >= 11 is 0. The molecule has 1 saturated heterocycles. The standard InChI is InChI=1S/C23H27FN4O5/c1-23(2,3)33-22(32)27-11-10-13(15(24)12-27)14-6-5-7-16-19(14)26(4)21(31)28(16)17-8-9-18(29)25-20(17)30/h5-7,10,15,17H,8-9,11-12H2,1-4H3,(H,25,29,30). The van der Waals surface area contributed by atoms with Crippen LogP contribution in [0, 0.1) is 0 Å². The molecular weight excluding hydrogens is 431 g/mol. The van der Waals surface area contributed by atoms with Crippen LogP contribution in [0.4, 0.5) is 9.18 Å². The molecular formula is C23H27FN4O5. The number of halogens is 1. The summed E-state index contributed by atoms with van der Waals surface area (Å²) in [5.74, 6) is -0.896. The second-order valence-corrected chi connectivity index (χ2v) is 9.36. The summed E-state index contributed by atoms with van der Waals surface area (Å²) in [4.78, 5) is 50.7. The third-order valence-corrected chi connectivity index (χ3v) is 5.84. The van der Waals surface area contributed by atoms with E-state index in [9.17, 15) is 19.2 Å². The minimum Gasteiger partial charge on any atom is -0.444 e. The van der Waals surface area contributed by atoms with Crippen molar-refractivity contribution in [3.05, 3.63) is 40.3 Å². The van der Waals surface area contributed by atoms with Crippen molar-refractivity contribution in [2.75, 3.05) is 13.1 Å². The number of piperidine rings is 1. The lowest BCUT2D eigenvalue weighted by molar-refractivity contribution is -0.135. The van der Waals surface area contributed by atoms with Crippen LogP contribution in [0.3, 0.4) is 0 Å². The number of nitrogens with zero attached hydrogens (tertiary/aromatic N) is 3. The summed E-state index contributed by atoms with van der Waals surface area (Å²) in [6.45, 7) is 5.24. The molecule has 2 unspecified atom stereocenters. The molecule has 0 aliphatic carbocycles. The highest BCUT2D eigenvalue weighted by Gasteiger charge is 2.34. The van der Waals surface area contributed by atoms with Crippen LogP contribution in [-0.2, 0) is 21.4 Å². The number of carbonyl (C=O) groups excluding carboxylic acids is 3. The number of imidazole rings is 1. The summed E-state index contributed by atoms with van der Waals surface area (Å²) < 4.78 is 23.4. The van der Waals surface area contributed by atoms with Gasteiger partial charge in [-0.2, -0.15) is 0 Å². The molecule has 4 rings (SSSR count). The molecule has 2 atom stereocenters. The van der Waals surface area contributed by atoms with Crippen molar-refractivity contribution in [2.45, 2.75) is 51.4 Å². The number of carbonyl (C=O) groups is 3. The monoisotopic (exact) mass is 458 g/mol. The van der Waals surface area contributed by atoms with Crippen molar-refractivity contribution >= 4 is 34.5 Å². The van der Waals surface area contributed by atoms with Gasteiger partial charge >= 0.3 is 11.8 Å². The van der Waals surface area contributed by atoms with Gasteiger partial charge in [0.15, 0.2) is 0 Å². The summed E-state index contributed by atoms with van der Waals surface area (Å²) in [6, 6.07) is 4.30. The summed E-state index contributed by atoms with van der Waals surface area (Å²) in [5.41, 5.74) is 0.763. The minimum absolute atomic E-state index is 0.136. The number of alkyl halides is 1. The first-order chi connectivity index (χ1) is 15.5. The molecule has 1 fully saturated rings. The zero-order chi connectivity index (χ0) is 24.1. The number of fused-ring (bicyclic) bond motifs is 1. The molecule has 1 aromatic heterocycles. The molecule has 0 saturated carbocycles. The van der Waals surface area contributed by atoms with Gasteiger partial charge in [-0.15, -0.1) is 0 Å². The Kier molecular flexibility index (Phi) is 5.63. The van der Waals surface area contributed by atoms with Crippen molar-refractivity contribution in [3.63, 3.8) is 0 Å². The van der Waals surface area contributed by atoms with Gasteiger partial charge in [0, 0.05) is 25.6 Å². The summed E-state index contributed by atoms with van der Waals surface area (Å²) in [7, 11) is 1.57. The third-order valence-electron chi connectivity index (χ3n) is 5.84. The van der Waals surface area contributed by atoms with E-state index in [4.69, 9.17) is 4.74 Å². The van der Waals surface area contributed by atoms with Crippen LogP contribution in [-0.4, -0.2) is 56.8 Å². The molecule has 1 aromatic carbocycles. The molecule has 1 N–H and O–H groups in total. The van der Waals surface area contributed by atoms with E-state index in [2.05, 4.69) is 5.32 Å². The number of hydrogen-bond acceptors (Lipinski definition) is 5. The number of amides is 3. The second kappa shape index (κ2) is 8.17. The summed E-state index contributed by atoms with van der Waals surface area (Å²) in [5, 5.41) is 2.28. The number of rotatable bonds is 2. The number of para-hydroxylation sites is 1. The van der Waals surface area contributed by atoms with Crippen LogP contribution in [0.15, 0.2) is 29.1 Å². The SMILES string of the molecule is Cn1c(=O)n(C2CCC(=O)NC2=O)c2cccc(C3=CCN(C(=O)OC(C)(C)C)CC3F)c21. The third kappa shape index (κ3) is 4.17. The predicted molar refractivity (Wildman–Crippen MR) is 119 cm³/mol. The Morgan fingerprint density at radius 2 is 1.94 bits per heavy atom. The Hall–Kier alpha value is -3.43. The molecule has 9 nitrogen and oxygen atoms in total. The molecule has 3 amide bonds. The van der Waals surface area contributed by atoms with Crippen LogP contribution in [0.1, 0.15) is 45.2 Å². The van der Waals surface area contributed by atoms with E-state index in [0.29, 0.717) is 22.2 Å². The molecule has 10 heteroatoms. The van der Waals surface area contributed by atoms with Gasteiger partial charge in [0.1, 0.15) is 17.8 Å². The Morgan fingerprint density at radius 1 is 1.21 bits per heavy atom. The number of aryl methyl sites for hydroxylation is 1. The second-order valence-electron chi connectivity index (χ2n) is 9.36. The number of benzene rings is 1. The largest absolute Gasteiger partial charge is 0.444 e. The maximum Gasteiger partial charge on any atom is 0.410 e.